The predicted octanol–water partition coefficient (Wildman–Crippen LogP) is 0.744. The van der Waals surface area contributed by atoms with Gasteiger partial charge in [0.1, 0.15) is 0 Å². The highest BCUT2D eigenvalue weighted by Crippen LogP contribution is 2.15. The zero-order chi connectivity index (χ0) is 11.4. The van der Waals surface area contributed by atoms with Crippen molar-refractivity contribution in [3.8, 4) is 0 Å². The van der Waals surface area contributed by atoms with Gasteiger partial charge in [-0.3, -0.25) is 9.69 Å². The van der Waals surface area contributed by atoms with Gasteiger partial charge >= 0.3 is 0 Å². The zero-order valence-corrected chi connectivity index (χ0v) is 9.69. The minimum Gasteiger partial charge on any atom is -0.378 e. The summed E-state index contributed by atoms with van der Waals surface area (Å²) in [7, 11) is 0. The molecule has 1 aliphatic heterocycles. The van der Waals surface area contributed by atoms with Crippen molar-refractivity contribution in [2.75, 3.05) is 13.2 Å². The normalized spacial score (nSPS) is 29.5. The summed E-state index contributed by atoms with van der Waals surface area (Å²) in [6.45, 7) is 11.1. The van der Waals surface area contributed by atoms with Crippen molar-refractivity contribution in [3.63, 3.8) is 0 Å². The van der Waals surface area contributed by atoms with E-state index in [0.29, 0.717) is 12.1 Å². The van der Waals surface area contributed by atoms with Crippen LogP contribution in [0.2, 0.25) is 0 Å². The third-order valence-electron chi connectivity index (χ3n) is 2.72. The van der Waals surface area contributed by atoms with Gasteiger partial charge in [0.2, 0.25) is 5.91 Å². The zero-order valence-electron chi connectivity index (χ0n) is 9.69. The number of carbonyl (C=O) groups excluding carboxylic acids is 1. The summed E-state index contributed by atoms with van der Waals surface area (Å²) >= 11 is 0. The molecule has 1 fully saturated rings. The molecular weight excluding hydrogens is 192 g/mol. The summed E-state index contributed by atoms with van der Waals surface area (Å²) in [5.41, 5.74) is 0. The van der Waals surface area contributed by atoms with Crippen molar-refractivity contribution in [1.29, 1.82) is 0 Å². The largest absolute Gasteiger partial charge is 0.378 e. The van der Waals surface area contributed by atoms with Gasteiger partial charge in [-0.25, -0.2) is 0 Å². The second kappa shape index (κ2) is 5.28. The van der Waals surface area contributed by atoms with Crippen LogP contribution in [-0.4, -0.2) is 42.3 Å². The molecule has 3 atom stereocenters. The standard InChI is InChI=1S/C11H20N2O2/c1-5-11(14)12-10(4)13-8(2)6-15-7-9(13)3/h5,8-10H,1,6-7H2,2-4H3,(H,12,14). The lowest BCUT2D eigenvalue weighted by molar-refractivity contribution is -0.121. The van der Waals surface area contributed by atoms with Crippen LogP contribution in [0.1, 0.15) is 20.8 Å². The maximum atomic E-state index is 11.2. The highest BCUT2D eigenvalue weighted by atomic mass is 16.5. The Kier molecular flexibility index (Phi) is 4.29. The van der Waals surface area contributed by atoms with Crippen molar-refractivity contribution in [2.45, 2.75) is 39.0 Å². The van der Waals surface area contributed by atoms with Crippen LogP contribution in [0.15, 0.2) is 12.7 Å². The van der Waals surface area contributed by atoms with Crippen LogP contribution in [0, 0.1) is 0 Å². The Morgan fingerprint density at radius 1 is 1.53 bits per heavy atom. The van der Waals surface area contributed by atoms with E-state index in [4.69, 9.17) is 4.74 Å². The van der Waals surface area contributed by atoms with Gasteiger partial charge in [-0.1, -0.05) is 6.58 Å². The molecule has 1 heterocycles. The molecule has 0 aromatic heterocycles. The summed E-state index contributed by atoms with van der Waals surface area (Å²) in [6.07, 6.45) is 1.32. The van der Waals surface area contributed by atoms with Crippen molar-refractivity contribution < 1.29 is 9.53 Å². The number of nitrogens with one attached hydrogen (secondary N) is 1. The fourth-order valence-corrected chi connectivity index (χ4v) is 2.12. The Labute approximate surface area is 91.3 Å². The molecule has 0 aliphatic carbocycles. The van der Waals surface area contributed by atoms with Gasteiger partial charge in [0, 0.05) is 12.1 Å². The fraction of sp³-hybridized carbons (Fsp3) is 0.727. The molecule has 0 saturated carbocycles. The maximum absolute atomic E-state index is 11.2. The highest BCUT2D eigenvalue weighted by molar-refractivity contribution is 5.86. The van der Waals surface area contributed by atoms with Crippen LogP contribution in [-0.2, 0) is 9.53 Å². The van der Waals surface area contributed by atoms with Gasteiger partial charge in [-0.15, -0.1) is 0 Å². The Morgan fingerprint density at radius 3 is 2.53 bits per heavy atom. The van der Waals surface area contributed by atoms with E-state index in [0.717, 1.165) is 13.2 Å². The molecule has 0 spiro atoms. The Bertz CT molecular complexity index is 233. The number of rotatable bonds is 3. The van der Waals surface area contributed by atoms with Crippen LogP contribution in [0.3, 0.4) is 0 Å². The van der Waals surface area contributed by atoms with Gasteiger partial charge in [0.15, 0.2) is 0 Å². The van der Waals surface area contributed by atoms with E-state index in [1.807, 2.05) is 6.92 Å². The topological polar surface area (TPSA) is 41.6 Å². The van der Waals surface area contributed by atoms with E-state index >= 15 is 0 Å². The molecule has 4 heteroatoms. The van der Waals surface area contributed by atoms with Gasteiger partial charge in [-0.2, -0.15) is 0 Å². The number of nitrogens with zero attached hydrogens (tertiary/aromatic N) is 1. The molecule has 1 saturated heterocycles. The molecular formula is C11H20N2O2. The number of hydrogen-bond donors (Lipinski definition) is 1. The second-order valence-electron chi connectivity index (χ2n) is 4.07. The molecule has 0 aromatic carbocycles. The van der Waals surface area contributed by atoms with E-state index < -0.39 is 0 Å². The summed E-state index contributed by atoms with van der Waals surface area (Å²) in [5, 5.41) is 2.87. The first-order valence-corrected chi connectivity index (χ1v) is 5.34. The molecule has 1 N–H and O–H groups in total. The SMILES string of the molecule is C=CC(=O)NC(C)N1C(C)COCC1C. The molecule has 0 radical (unpaired) electrons. The first-order valence-electron chi connectivity index (χ1n) is 5.34. The van der Waals surface area contributed by atoms with E-state index in [9.17, 15) is 4.79 Å². The van der Waals surface area contributed by atoms with Crippen LogP contribution in [0.4, 0.5) is 0 Å². The summed E-state index contributed by atoms with van der Waals surface area (Å²) in [6, 6.07) is 0.655. The number of morpholine rings is 1. The monoisotopic (exact) mass is 212 g/mol. The van der Waals surface area contributed by atoms with Crippen LogP contribution in [0.5, 0.6) is 0 Å². The highest BCUT2D eigenvalue weighted by Gasteiger charge is 2.29. The lowest BCUT2D eigenvalue weighted by Crippen LogP contribution is -2.58. The van der Waals surface area contributed by atoms with Gasteiger partial charge in [0.05, 0.1) is 19.4 Å². The van der Waals surface area contributed by atoms with Crippen molar-refractivity contribution in [1.82, 2.24) is 10.2 Å². The molecule has 0 aromatic rings. The minimum absolute atomic E-state index is 0.0180. The lowest BCUT2D eigenvalue weighted by Gasteiger charge is -2.42. The summed E-state index contributed by atoms with van der Waals surface area (Å²) in [5.74, 6) is -0.131. The van der Waals surface area contributed by atoms with Crippen molar-refractivity contribution in [2.24, 2.45) is 0 Å². The van der Waals surface area contributed by atoms with Crippen molar-refractivity contribution >= 4 is 5.91 Å². The van der Waals surface area contributed by atoms with E-state index in [-0.39, 0.29) is 12.1 Å². The molecule has 3 unspecified atom stereocenters. The fourth-order valence-electron chi connectivity index (χ4n) is 2.12. The number of hydrogen-bond acceptors (Lipinski definition) is 3. The third-order valence-corrected chi connectivity index (χ3v) is 2.72. The number of ether oxygens (including phenoxy) is 1. The molecule has 1 amide bonds. The van der Waals surface area contributed by atoms with Crippen LogP contribution < -0.4 is 5.32 Å². The van der Waals surface area contributed by atoms with Gasteiger partial charge in [-0.05, 0) is 26.8 Å². The lowest BCUT2D eigenvalue weighted by atomic mass is 10.1. The summed E-state index contributed by atoms with van der Waals surface area (Å²) in [4.78, 5) is 13.4. The Morgan fingerprint density at radius 2 is 2.07 bits per heavy atom. The Balaban J connectivity index is 2.58. The molecule has 4 nitrogen and oxygen atoms in total. The van der Waals surface area contributed by atoms with Gasteiger partial charge < -0.3 is 10.1 Å². The predicted molar refractivity (Wildman–Crippen MR) is 59.4 cm³/mol. The first kappa shape index (κ1) is 12.2. The van der Waals surface area contributed by atoms with Crippen LogP contribution >= 0.6 is 0 Å². The van der Waals surface area contributed by atoms with E-state index in [1.54, 1.807) is 0 Å². The second-order valence-corrected chi connectivity index (χ2v) is 4.07. The summed E-state index contributed by atoms with van der Waals surface area (Å²) < 4.78 is 5.43. The maximum Gasteiger partial charge on any atom is 0.244 e. The molecule has 0 bridgehead atoms. The number of carbonyl (C=O) groups is 1. The average molecular weight is 212 g/mol. The Hall–Kier alpha value is -0.870. The van der Waals surface area contributed by atoms with Gasteiger partial charge in [0.25, 0.3) is 0 Å². The average Bonchev–Trinajstić information content (AvgIpc) is 2.17. The molecule has 86 valence electrons. The van der Waals surface area contributed by atoms with E-state index in [1.165, 1.54) is 6.08 Å². The smallest absolute Gasteiger partial charge is 0.244 e. The molecule has 15 heavy (non-hydrogen) atoms. The first-order chi connectivity index (χ1) is 7.06. The quantitative estimate of drug-likeness (QED) is 0.702. The molecule has 1 aliphatic rings. The third kappa shape index (κ3) is 3.04. The van der Waals surface area contributed by atoms with Crippen molar-refractivity contribution in [3.05, 3.63) is 12.7 Å². The van der Waals surface area contributed by atoms with Crippen LogP contribution in [0.25, 0.3) is 0 Å². The van der Waals surface area contributed by atoms with E-state index in [2.05, 4.69) is 30.6 Å². The minimum atomic E-state index is -0.131. The number of amides is 1. The molecule has 1 rings (SSSR count).